The summed E-state index contributed by atoms with van der Waals surface area (Å²) in [6, 6.07) is 3.25. The Morgan fingerprint density at radius 2 is 1.88 bits per heavy atom. The molecule has 2 aromatic rings. The molecule has 1 saturated heterocycles. The van der Waals surface area contributed by atoms with Crippen molar-refractivity contribution in [3.8, 4) is 11.1 Å². The first-order chi connectivity index (χ1) is 14.9. The highest BCUT2D eigenvalue weighted by Gasteiger charge is 2.69. The molecule has 0 radical (unpaired) electrons. The van der Waals surface area contributed by atoms with E-state index in [1.807, 2.05) is 13.8 Å². The number of piperidine rings is 1. The molecule has 2 heterocycles. The van der Waals surface area contributed by atoms with Crippen molar-refractivity contribution in [3.05, 3.63) is 47.8 Å². The molecule has 0 spiro atoms. The molecule has 32 heavy (non-hydrogen) atoms. The lowest BCUT2D eigenvalue weighted by molar-refractivity contribution is -0.145. The van der Waals surface area contributed by atoms with Gasteiger partial charge in [0.25, 0.3) is 0 Å². The summed E-state index contributed by atoms with van der Waals surface area (Å²) in [4.78, 5) is 19.3. The first kappa shape index (κ1) is 22.3. The number of benzene rings is 1. The summed E-state index contributed by atoms with van der Waals surface area (Å²) in [5.41, 5.74) is 0.232. The van der Waals surface area contributed by atoms with Crippen molar-refractivity contribution in [1.82, 2.24) is 20.6 Å². The van der Waals surface area contributed by atoms with Crippen molar-refractivity contribution >= 4 is 21.2 Å². The molecule has 12 heteroatoms. The van der Waals surface area contributed by atoms with Crippen molar-refractivity contribution in [3.63, 3.8) is 0 Å². The van der Waals surface area contributed by atoms with Crippen molar-refractivity contribution in [2.75, 3.05) is 0 Å². The van der Waals surface area contributed by atoms with Gasteiger partial charge >= 0.3 is 6.18 Å². The Morgan fingerprint density at radius 3 is 2.44 bits per heavy atom. The zero-order valence-electron chi connectivity index (χ0n) is 16.9. The normalized spacial score (nSPS) is 23.6. The minimum absolute atomic E-state index is 0.00905. The molecule has 1 aliphatic heterocycles. The van der Waals surface area contributed by atoms with E-state index in [2.05, 4.69) is 20.6 Å². The SMILES string of the molecule is CC1(C)C2C(=S(=O)=O)NC(C(=O)NCc3ccc(F)c(-c4cnc(C(F)(F)F)nc4)c3)C21. The standard InChI is InChI=1S/C20H18F4N4O3S/c1-19(2)13-14(19)17(32(30)31)28-15(13)16(29)25-6-9-3-4-12(21)11(5-9)10-7-26-18(27-8-10)20(22,23)24/h3-5,7-8,13-15,28H,6H2,1-2H3,(H,25,29). The molecule has 170 valence electrons. The van der Waals surface area contributed by atoms with Gasteiger partial charge in [-0.1, -0.05) is 19.9 Å². The van der Waals surface area contributed by atoms with Gasteiger partial charge in [0.1, 0.15) is 10.8 Å². The van der Waals surface area contributed by atoms with E-state index in [1.165, 1.54) is 12.1 Å². The Labute approximate surface area is 181 Å². The molecule has 1 aromatic heterocycles. The summed E-state index contributed by atoms with van der Waals surface area (Å²) >= 11 is 0. The van der Waals surface area contributed by atoms with Gasteiger partial charge in [0.2, 0.25) is 22.0 Å². The van der Waals surface area contributed by atoms with Crippen LogP contribution in [0.25, 0.3) is 11.1 Å². The largest absolute Gasteiger partial charge is 0.451 e. The van der Waals surface area contributed by atoms with Crippen molar-refractivity contribution in [2.45, 2.75) is 32.6 Å². The maximum absolute atomic E-state index is 14.3. The number of carbonyl (C=O) groups excluding carboxylic acids is 1. The zero-order chi connectivity index (χ0) is 23.4. The lowest BCUT2D eigenvalue weighted by atomic mass is 10.0. The molecular weight excluding hydrogens is 452 g/mol. The average molecular weight is 470 g/mol. The van der Waals surface area contributed by atoms with Gasteiger partial charge in [-0.2, -0.15) is 21.6 Å². The maximum Gasteiger partial charge on any atom is 0.451 e. The van der Waals surface area contributed by atoms with Gasteiger partial charge in [-0.25, -0.2) is 14.4 Å². The number of hydrogen-bond donors (Lipinski definition) is 2. The highest BCUT2D eigenvalue weighted by Crippen LogP contribution is 2.63. The lowest BCUT2D eigenvalue weighted by Gasteiger charge is -2.18. The first-order valence-electron chi connectivity index (χ1n) is 9.59. The highest BCUT2D eigenvalue weighted by molar-refractivity contribution is 7.73. The average Bonchev–Trinajstić information content (AvgIpc) is 3.09. The van der Waals surface area contributed by atoms with Crippen LogP contribution in [0.3, 0.4) is 0 Å². The van der Waals surface area contributed by atoms with E-state index in [9.17, 15) is 30.8 Å². The van der Waals surface area contributed by atoms with E-state index >= 15 is 0 Å². The van der Waals surface area contributed by atoms with Crippen molar-refractivity contribution < 1.29 is 30.8 Å². The second-order valence-corrected chi connectivity index (χ2v) is 9.28. The van der Waals surface area contributed by atoms with Gasteiger partial charge in [0.05, 0.1) is 6.04 Å². The Morgan fingerprint density at radius 1 is 1.22 bits per heavy atom. The fourth-order valence-electron chi connectivity index (χ4n) is 4.33. The smallest absolute Gasteiger partial charge is 0.351 e. The summed E-state index contributed by atoms with van der Waals surface area (Å²) in [6.07, 6.45) is -2.94. The predicted octanol–water partition coefficient (Wildman–Crippen LogP) is 2.17. The molecule has 1 aliphatic carbocycles. The van der Waals surface area contributed by atoms with Crippen LogP contribution in [0.1, 0.15) is 25.2 Å². The molecule has 3 unspecified atom stereocenters. The van der Waals surface area contributed by atoms with Gasteiger partial charge in [0, 0.05) is 36.0 Å². The number of hydrogen-bond acceptors (Lipinski definition) is 5. The third-order valence-electron chi connectivity index (χ3n) is 6.03. The molecule has 1 amide bonds. The number of alkyl halides is 3. The molecule has 3 atom stereocenters. The summed E-state index contributed by atoms with van der Waals surface area (Å²) < 4.78 is 75.0. The van der Waals surface area contributed by atoms with Crippen LogP contribution < -0.4 is 10.6 Å². The van der Waals surface area contributed by atoms with E-state index in [4.69, 9.17) is 0 Å². The van der Waals surface area contributed by atoms with Crippen LogP contribution in [-0.2, 0) is 27.8 Å². The Balaban J connectivity index is 1.48. The first-order valence-corrected chi connectivity index (χ1v) is 10.7. The van der Waals surface area contributed by atoms with Crippen molar-refractivity contribution in [1.29, 1.82) is 0 Å². The third-order valence-corrected chi connectivity index (χ3v) is 6.76. The summed E-state index contributed by atoms with van der Waals surface area (Å²) in [5, 5.41) is 5.47. The highest BCUT2D eigenvalue weighted by atomic mass is 32.2. The lowest BCUT2D eigenvalue weighted by Crippen LogP contribution is -2.46. The monoisotopic (exact) mass is 470 g/mol. The fourth-order valence-corrected chi connectivity index (χ4v) is 5.21. The minimum atomic E-state index is -4.71. The quantitative estimate of drug-likeness (QED) is 0.525. The van der Waals surface area contributed by atoms with Gasteiger partial charge in [-0.05, 0) is 29.0 Å². The Bertz CT molecular complexity index is 1220. The number of amides is 1. The van der Waals surface area contributed by atoms with Crippen LogP contribution in [0.15, 0.2) is 30.6 Å². The number of carbonyl (C=O) groups is 1. The molecule has 2 N–H and O–H groups in total. The molecule has 1 aromatic carbocycles. The van der Waals surface area contributed by atoms with Crippen LogP contribution >= 0.6 is 0 Å². The second kappa shape index (κ2) is 7.62. The molecule has 0 bridgehead atoms. The summed E-state index contributed by atoms with van der Waals surface area (Å²) in [7, 11) is -2.44. The van der Waals surface area contributed by atoms with E-state index in [-0.39, 0.29) is 39.9 Å². The van der Waals surface area contributed by atoms with Gasteiger partial charge in [0.15, 0.2) is 0 Å². The number of rotatable bonds is 4. The predicted molar refractivity (Wildman–Crippen MR) is 106 cm³/mol. The molecule has 4 rings (SSSR count). The minimum Gasteiger partial charge on any atom is -0.351 e. The second-order valence-electron chi connectivity index (χ2n) is 8.37. The Hall–Kier alpha value is -2.86. The number of halogens is 4. The fraction of sp³-hybridized carbons (Fsp3) is 0.400. The van der Waals surface area contributed by atoms with Crippen molar-refractivity contribution in [2.24, 2.45) is 17.3 Å². The molecule has 2 aliphatic rings. The molecule has 7 nitrogen and oxygen atoms in total. The zero-order valence-corrected chi connectivity index (χ0v) is 17.7. The summed E-state index contributed by atoms with van der Waals surface area (Å²) in [5.74, 6) is -2.78. The number of nitrogens with zero attached hydrogens (tertiary/aromatic N) is 2. The molecular formula is C20H18F4N4O3S. The topological polar surface area (TPSA) is 101 Å². The van der Waals surface area contributed by atoms with E-state index < -0.39 is 40.1 Å². The van der Waals surface area contributed by atoms with Gasteiger partial charge in [-0.15, -0.1) is 0 Å². The van der Waals surface area contributed by atoms with Crippen LogP contribution in [0.4, 0.5) is 17.6 Å². The van der Waals surface area contributed by atoms with E-state index in [1.54, 1.807) is 0 Å². The van der Waals surface area contributed by atoms with E-state index in [0.29, 0.717) is 5.56 Å². The van der Waals surface area contributed by atoms with Crippen LogP contribution in [-0.4, -0.2) is 35.3 Å². The molecule has 1 saturated carbocycles. The third kappa shape index (κ3) is 3.88. The van der Waals surface area contributed by atoms with E-state index in [0.717, 1.165) is 18.5 Å². The van der Waals surface area contributed by atoms with Gasteiger partial charge < -0.3 is 5.32 Å². The van der Waals surface area contributed by atoms with Crippen LogP contribution in [0, 0.1) is 23.1 Å². The molecule has 2 fully saturated rings. The van der Waals surface area contributed by atoms with Crippen LogP contribution in [0.5, 0.6) is 0 Å². The van der Waals surface area contributed by atoms with Gasteiger partial charge in [-0.3, -0.25) is 10.1 Å². The Kier molecular flexibility index (Phi) is 5.32. The number of aromatic nitrogens is 2. The number of fused-ring (bicyclic) bond motifs is 1. The summed E-state index contributed by atoms with van der Waals surface area (Å²) in [6.45, 7) is 3.81. The van der Waals surface area contributed by atoms with Crippen LogP contribution in [0.2, 0.25) is 0 Å². The maximum atomic E-state index is 14.3. The number of nitrogens with one attached hydrogen (secondary N) is 2.